The van der Waals surface area contributed by atoms with Gasteiger partial charge in [0.15, 0.2) is 5.78 Å². The molecule has 0 bridgehead atoms. The number of rotatable bonds is 8. The largest absolute Gasteiger partial charge is 0.423 e. The minimum atomic E-state index is -4.17. The Morgan fingerprint density at radius 1 is 1.00 bits per heavy atom. The van der Waals surface area contributed by atoms with Crippen LogP contribution in [-0.2, 0) is 14.5 Å². The average Bonchev–Trinajstić information content (AvgIpc) is 3.62. The molecule has 3 aromatic heterocycles. The Kier molecular flexibility index (Phi) is 7.77. The summed E-state index contributed by atoms with van der Waals surface area (Å²) in [5.41, 5.74) is 1.76. The molecule has 3 aromatic rings. The lowest BCUT2D eigenvalue weighted by molar-refractivity contribution is 0.101. The molecule has 3 fully saturated rings. The molecule has 43 heavy (non-hydrogen) atoms. The summed E-state index contributed by atoms with van der Waals surface area (Å²) >= 11 is 0. The Morgan fingerprint density at radius 3 is 2.35 bits per heavy atom. The van der Waals surface area contributed by atoms with Gasteiger partial charge in [0.25, 0.3) is 5.56 Å². The van der Waals surface area contributed by atoms with Crippen molar-refractivity contribution in [2.24, 2.45) is 0 Å². The van der Waals surface area contributed by atoms with Crippen LogP contribution >= 0.6 is 0 Å². The molecule has 1 saturated heterocycles. The monoisotopic (exact) mass is 610 g/mol. The topological polar surface area (TPSA) is 169 Å². The van der Waals surface area contributed by atoms with Gasteiger partial charge in [0.05, 0.1) is 17.4 Å². The van der Waals surface area contributed by atoms with E-state index >= 15 is 0 Å². The molecule has 1 amide bonds. The van der Waals surface area contributed by atoms with Crippen LogP contribution < -0.4 is 21.1 Å². The number of anilines is 3. The lowest BCUT2D eigenvalue weighted by Gasteiger charge is -2.34. The summed E-state index contributed by atoms with van der Waals surface area (Å²) in [6, 6.07) is 3.61. The standard InChI is InChI=1S/C28H34N8O6S/c1-17-22-16-30-27(33-25(22)36(20-5-3-4-6-20)26(38)24(17)18(2)37)32-23-10-9-21(15-29-23)34-11-13-35(14-12-34)43(40,41)42-28(39)31-19-7-8-19/h9-10,15-16,19-20H,3-8,11-14H2,1-2H3,(H,31,39)(H,29,30,32,33). The summed E-state index contributed by atoms with van der Waals surface area (Å²) < 4.78 is 32.5. The van der Waals surface area contributed by atoms with Crippen molar-refractivity contribution in [3.05, 3.63) is 46.0 Å². The summed E-state index contributed by atoms with van der Waals surface area (Å²) in [5.74, 6) is 0.500. The smallest absolute Gasteiger partial charge is 0.368 e. The van der Waals surface area contributed by atoms with Crippen molar-refractivity contribution in [2.75, 3.05) is 36.4 Å². The second kappa shape index (κ2) is 11.5. The molecule has 0 atom stereocenters. The molecular weight excluding hydrogens is 576 g/mol. The predicted molar refractivity (Wildman–Crippen MR) is 159 cm³/mol. The molecule has 4 heterocycles. The van der Waals surface area contributed by atoms with E-state index < -0.39 is 16.4 Å². The molecule has 0 unspecified atom stereocenters. The van der Waals surface area contributed by atoms with Crippen molar-refractivity contribution in [1.29, 1.82) is 0 Å². The zero-order chi connectivity index (χ0) is 30.3. The molecule has 1 aliphatic heterocycles. The highest BCUT2D eigenvalue weighted by molar-refractivity contribution is 7.84. The van der Waals surface area contributed by atoms with Crippen molar-refractivity contribution < 1.29 is 22.2 Å². The number of nitrogens with zero attached hydrogens (tertiary/aromatic N) is 6. The number of amides is 1. The second-order valence-corrected chi connectivity index (χ2v) is 12.8. The van der Waals surface area contributed by atoms with Gasteiger partial charge in [-0.05, 0) is 57.2 Å². The molecule has 14 nitrogen and oxygen atoms in total. The number of hydrogen-bond acceptors (Lipinski definition) is 11. The van der Waals surface area contributed by atoms with Gasteiger partial charge < -0.3 is 19.7 Å². The lowest BCUT2D eigenvalue weighted by atomic mass is 10.0. The number of nitrogens with one attached hydrogen (secondary N) is 2. The van der Waals surface area contributed by atoms with Gasteiger partial charge >= 0.3 is 16.4 Å². The number of carbonyl (C=O) groups is 2. The molecule has 0 aromatic carbocycles. The first kappa shape index (κ1) is 29.0. The molecular formula is C28H34N8O6S. The average molecular weight is 611 g/mol. The Morgan fingerprint density at radius 2 is 1.72 bits per heavy atom. The zero-order valence-electron chi connectivity index (χ0n) is 24.1. The van der Waals surface area contributed by atoms with Gasteiger partial charge in [0.2, 0.25) is 5.95 Å². The van der Waals surface area contributed by atoms with Gasteiger partial charge in [-0.25, -0.2) is 14.8 Å². The molecule has 3 aliphatic rings. The van der Waals surface area contributed by atoms with Crippen molar-refractivity contribution in [2.45, 2.75) is 64.5 Å². The maximum Gasteiger partial charge on any atom is 0.423 e. The third kappa shape index (κ3) is 6.04. The first-order chi connectivity index (χ1) is 20.6. The number of carbonyl (C=O) groups excluding carboxylic acids is 2. The molecule has 2 aliphatic carbocycles. The summed E-state index contributed by atoms with van der Waals surface area (Å²) in [6.07, 6.45) is 7.78. The van der Waals surface area contributed by atoms with Crippen molar-refractivity contribution in [1.82, 2.24) is 29.1 Å². The summed E-state index contributed by atoms with van der Waals surface area (Å²) in [6.45, 7) is 4.29. The first-order valence-corrected chi connectivity index (χ1v) is 15.9. The SMILES string of the molecule is CC(=O)c1c(C)c2cnc(Nc3ccc(N4CCN(S(=O)(=O)OC(=O)NC5CC5)CC4)cn3)nc2n(C2CCCC2)c1=O. The van der Waals surface area contributed by atoms with Crippen LogP contribution in [0.4, 0.5) is 22.2 Å². The van der Waals surface area contributed by atoms with Crippen molar-refractivity contribution in [3.8, 4) is 0 Å². The van der Waals surface area contributed by atoms with E-state index in [4.69, 9.17) is 9.17 Å². The van der Waals surface area contributed by atoms with Gasteiger partial charge in [-0.1, -0.05) is 12.8 Å². The molecule has 228 valence electrons. The number of aromatic nitrogens is 4. The number of aryl methyl sites for hydroxylation is 1. The zero-order valence-corrected chi connectivity index (χ0v) is 24.9. The summed E-state index contributed by atoms with van der Waals surface area (Å²) in [7, 11) is -4.17. The van der Waals surface area contributed by atoms with Crippen LogP contribution in [0, 0.1) is 6.92 Å². The number of hydrogen-bond donors (Lipinski definition) is 2. The van der Waals surface area contributed by atoms with E-state index in [1.165, 1.54) is 6.92 Å². The van der Waals surface area contributed by atoms with E-state index in [2.05, 4.69) is 20.6 Å². The number of fused-ring (bicyclic) bond motifs is 1. The molecule has 0 spiro atoms. The van der Waals surface area contributed by atoms with E-state index in [0.29, 0.717) is 35.5 Å². The van der Waals surface area contributed by atoms with Crippen LogP contribution in [-0.4, -0.2) is 76.3 Å². The summed E-state index contributed by atoms with van der Waals surface area (Å²) in [4.78, 5) is 53.2. The highest BCUT2D eigenvalue weighted by Crippen LogP contribution is 2.32. The first-order valence-electron chi connectivity index (χ1n) is 14.5. The van der Waals surface area contributed by atoms with E-state index in [-0.39, 0.29) is 48.0 Å². The van der Waals surface area contributed by atoms with E-state index in [1.807, 2.05) is 11.0 Å². The van der Waals surface area contributed by atoms with Crippen LogP contribution in [0.15, 0.2) is 29.3 Å². The Balaban J connectivity index is 1.15. The fraction of sp³-hybridized carbons (Fsp3) is 0.500. The maximum absolute atomic E-state index is 13.4. The van der Waals surface area contributed by atoms with Crippen LogP contribution in [0.25, 0.3) is 11.0 Å². The van der Waals surface area contributed by atoms with Crippen LogP contribution in [0.1, 0.15) is 67.4 Å². The number of ketones is 1. The molecule has 2 saturated carbocycles. The van der Waals surface area contributed by atoms with Gasteiger partial charge in [-0.2, -0.15) is 17.7 Å². The number of pyridine rings is 2. The fourth-order valence-electron chi connectivity index (χ4n) is 5.81. The second-order valence-electron chi connectivity index (χ2n) is 11.3. The highest BCUT2D eigenvalue weighted by Gasteiger charge is 2.33. The van der Waals surface area contributed by atoms with Gasteiger partial charge in [0, 0.05) is 49.8 Å². The maximum atomic E-state index is 13.4. The molecule has 15 heteroatoms. The van der Waals surface area contributed by atoms with Crippen LogP contribution in [0.5, 0.6) is 0 Å². The highest BCUT2D eigenvalue weighted by atomic mass is 32.2. The minimum Gasteiger partial charge on any atom is -0.368 e. The van der Waals surface area contributed by atoms with Gasteiger partial charge in [0.1, 0.15) is 11.5 Å². The third-order valence-corrected chi connectivity index (χ3v) is 9.60. The van der Waals surface area contributed by atoms with Crippen molar-refractivity contribution in [3.63, 3.8) is 0 Å². The van der Waals surface area contributed by atoms with Gasteiger partial charge in [-0.3, -0.25) is 14.2 Å². The Hall–Kier alpha value is -4.11. The fourth-order valence-corrected chi connectivity index (χ4v) is 6.76. The van der Waals surface area contributed by atoms with Gasteiger partial charge in [-0.15, -0.1) is 0 Å². The van der Waals surface area contributed by atoms with Crippen LogP contribution in [0.2, 0.25) is 0 Å². The number of Topliss-reactive ketones (excluding diaryl/α,β-unsaturated/α-hetero) is 1. The number of piperazine rings is 1. The van der Waals surface area contributed by atoms with E-state index in [9.17, 15) is 22.8 Å². The Labute approximate surface area is 248 Å². The van der Waals surface area contributed by atoms with E-state index in [0.717, 1.165) is 48.5 Å². The molecule has 6 rings (SSSR count). The third-order valence-electron chi connectivity index (χ3n) is 8.24. The quantitative estimate of drug-likeness (QED) is 0.360. The minimum absolute atomic E-state index is 0.00133. The lowest BCUT2D eigenvalue weighted by Crippen LogP contribution is -2.50. The van der Waals surface area contributed by atoms with Crippen LogP contribution in [0.3, 0.4) is 0 Å². The molecule has 0 radical (unpaired) electrons. The Bertz CT molecular complexity index is 1720. The summed E-state index contributed by atoms with van der Waals surface area (Å²) in [5, 5.41) is 6.29. The molecule has 2 N–H and O–H groups in total. The normalized spacial score (nSPS) is 18.1. The van der Waals surface area contributed by atoms with Crippen molar-refractivity contribution >= 4 is 50.7 Å². The predicted octanol–water partition coefficient (Wildman–Crippen LogP) is 2.81. The van der Waals surface area contributed by atoms with E-state index in [1.54, 1.807) is 30.0 Å².